The molecule has 0 saturated carbocycles. The first-order valence-electron chi connectivity index (χ1n) is 9.33. The molecular formula is C20H22N4O3. The van der Waals surface area contributed by atoms with Crippen LogP contribution in [-0.2, 0) is 4.79 Å². The van der Waals surface area contributed by atoms with Gasteiger partial charge in [0.25, 0.3) is 5.91 Å². The minimum atomic E-state index is -0.285. The second-order valence-corrected chi connectivity index (χ2v) is 7.24. The Kier molecular flexibility index (Phi) is 4.82. The van der Waals surface area contributed by atoms with Crippen LogP contribution >= 0.6 is 0 Å². The van der Waals surface area contributed by atoms with Crippen molar-refractivity contribution in [2.24, 2.45) is 0 Å². The first-order valence-corrected chi connectivity index (χ1v) is 9.33. The lowest BCUT2D eigenvalue weighted by Gasteiger charge is -2.23. The van der Waals surface area contributed by atoms with E-state index in [1.54, 1.807) is 23.3 Å². The third kappa shape index (κ3) is 3.67. The number of benzene rings is 1. The molecule has 2 aromatic rings. The Bertz CT molecular complexity index is 900. The largest absolute Gasteiger partial charge is 0.464 e. The summed E-state index contributed by atoms with van der Waals surface area (Å²) in [4.78, 5) is 28.7. The number of nitrogens with one attached hydrogen (secondary N) is 1. The molecule has 3 heterocycles. The van der Waals surface area contributed by atoms with E-state index in [9.17, 15) is 9.59 Å². The molecule has 0 spiro atoms. The van der Waals surface area contributed by atoms with Crippen molar-refractivity contribution >= 4 is 22.8 Å². The van der Waals surface area contributed by atoms with Crippen molar-refractivity contribution in [3.8, 4) is 6.07 Å². The number of carbonyl (C=O) groups excluding carboxylic acids is 2. The standard InChI is InChI=1S/C20H22N4O3/c21-11-17-2-1-7-24(17)19(25)13-23-8-5-16(12-23)22-20(26)15-4-3-14-6-9-27-18(14)10-15/h3-4,6,9-10,16-17H,1-2,5,7-8,12-13H2,(H,22,26)/t16-,17-/m0/s1. The summed E-state index contributed by atoms with van der Waals surface area (Å²) in [6.45, 7) is 2.38. The number of amides is 2. The second kappa shape index (κ2) is 7.41. The van der Waals surface area contributed by atoms with E-state index in [4.69, 9.17) is 9.68 Å². The summed E-state index contributed by atoms with van der Waals surface area (Å²) in [5.41, 5.74) is 1.26. The fourth-order valence-corrected chi connectivity index (χ4v) is 3.94. The van der Waals surface area contributed by atoms with E-state index in [0.717, 1.165) is 31.2 Å². The number of fused-ring (bicyclic) bond motifs is 1. The second-order valence-electron chi connectivity index (χ2n) is 7.24. The van der Waals surface area contributed by atoms with Crippen molar-refractivity contribution in [3.05, 3.63) is 36.1 Å². The summed E-state index contributed by atoms with van der Waals surface area (Å²) in [6.07, 6.45) is 4.07. The summed E-state index contributed by atoms with van der Waals surface area (Å²) < 4.78 is 5.35. The van der Waals surface area contributed by atoms with Gasteiger partial charge in [-0.2, -0.15) is 5.26 Å². The molecule has 0 unspecified atom stereocenters. The summed E-state index contributed by atoms with van der Waals surface area (Å²) in [7, 11) is 0. The molecule has 7 heteroatoms. The normalized spacial score (nSPS) is 22.9. The number of nitrogens with zero attached hydrogens (tertiary/aromatic N) is 3. The molecule has 0 aliphatic carbocycles. The molecule has 7 nitrogen and oxygen atoms in total. The molecule has 2 atom stereocenters. The minimum absolute atomic E-state index is 0.00861. The topological polar surface area (TPSA) is 89.6 Å². The van der Waals surface area contributed by atoms with Crippen LogP contribution in [0.5, 0.6) is 0 Å². The molecule has 0 bridgehead atoms. The minimum Gasteiger partial charge on any atom is -0.464 e. The molecule has 4 rings (SSSR count). The highest BCUT2D eigenvalue weighted by atomic mass is 16.3. The van der Waals surface area contributed by atoms with Crippen LogP contribution in [0.15, 0.2) is 34.9 Å². The Morgan fingerprint density at radius 2 is 2.15 bits per heavy atom. The van der Waals surface area contributed by atoms with Crippen LogP contribution in [-0.4, -0.2) is 59.9 Å². The zero-order chi connectivity index (χ0) is 18.8. The van der Waals surface area contributed by atoms with Crippen molar-refractivity contribution in [2.45, 2.75) is 31.3 Å². The summed E-state index contributed by atoms with van der Waals surface area (Å²) in [5.74, 6) is -0.120. The molecule has 2 aliphatic rings. The van der Waals surface area contributed by atoms with E-state index >= 15 is 0 Å². The lowest BCUT2D eigenvalue weighted by atomic mass is 10.1. The van der Waals surface area contributed by atoms with Crippen molar-refractivity contribution in [2.75, 3.05) is 26.2 Å². The monoisotopic (exact) mass is 366 g/mol. The van der Waals surface area contributed by atoms with Crippen molar-refractivity contribution in [1.82, 2.24) is 15.1 Å². The van der Waals surface area contributed by atoms with E-state index < -0.39 is 0 Å². The summed E-state index contributed by atoms with van der Waals surface area (Å²) in [6, 6.07) is 9.21. The molecule has 2 saturated heterocycles. The third-order valence-corrected chi connectivity index (χ3v) is 5.41. The predicted octanol–water partition coefficient (Wildman–Crippen LogP) is 1.75. The van der Waals surface area contributed by atoms with Gasteiger partial charge in [0.15, 0.2) is 0 Å². The number of likely N-dealkylation sites (tertiary alicyclic amines) is 2. The number of nitriles is 1. The van der Waals surface area contributed by atoms with E-state index in [0.29, 0.717) is 30.8 Å². The Morgan fingerprint density at radius 3 is 3.00 bits per heavy atom. The molecule has 2 amide bonds. The highest BCUT2D eigenvalue weighted by Gasteiger charge is 2.31. The van der Waals surface area contributed by atoms with Gasteiger partial charge in [0.1, 0.15) is 11.6 Å². The van der Waals surface area contributed by atoms with Crippen LogP contribution in [0.2, 0.25) is 0 Å². The van der Waals surface area contributed by atoms with Gasteiger partial charge in [-0.15, -0.1) is 0 Å². The maximum absolute atomic E-state index is 12.5. The molecule has 1 aromatic heterocycles. The zero-order valence-corrected chi connectivity index (χ0v) is 15.1. The lowest BCUT2D eigenvalue weighted by Crippen LogP contribution is -2.43. The van der Waals surface area contributed by atoms with Gasteiger partial charge in [0, 0.05) is 36.6 Å². The Labute approximate surface area is 157 Å². The van der Waals surface area contributed by atoms with E-state index in [1.165, 1.54) is 0 Å². The van der Waals surface area contributed by atoms with Crippen molar-refractivity contribution < 1.29 is 14.0 Å². The Morgan fingerprint density at radius 1 is 1.26 bits per heavy atom. The van der Waals surface area contributed by atoms with Gasteiger partial charge in [-0.05, 0) is 37.5 Å². The molecule has 140 valence electrons. The average molecular weight is 366 g/mol. The molecule has 0 radical (unpaired) electrons. The maximum Gasteiger partial charge on any atom is 0.251 e. The number of hydrogen-bond acceptors (Lipinski definition) is 5. The highest BCUT2D eigenvalue weighted by Crippen LogP contribution is 2.19. The van der Waals surface area contributed by atoms with Gasteiger partial charge < -0.3 is 14.6 Å². The molecule has 2 aliphatic heterocycles. The van der Waals surface area contributed by atoms with Crippen LogP contribution in [0.3, 0.4) is 0 Å². The number of rotatable bonds is 4. The van der Waals surface area contributed by atoms with Crippen LogP contribution in [0.4, 0.5) is 0 Å². The zero-order valence-electron chi connectivity index (χ0n) is 15.1. The van der Waals surface area contributed by atoms with Gasteiger partial charge in [0.2, 0.25) is 5.91 Å². The smallest absolute Gasteiger partial charge is 0.251 e. The van der Waals surface area contributed by atoms with Gasteiger partial charge in [-0.3, -0.25) is 14.5 Å². The molecule has 2 fully saturated rings. The average Bonchev–Trinajstić information content (AvgIpc) is 3.41. The summed E-state index contributed by atoms with van der Waals surface area (Å²) >= 11 is 0. The molecule has 27 heavy (non-hydrogen) atoms. The summed E-state index contributed by atoms with van der Waals surface area (Å²) in [5, 5.41) is 13.1. The maximum atomic E-state index is 12.5. The van der Waals surface area contributed by atoms with E-state index in [1.807, 2.05) is 12.1 Å². The van der Waals surface area contributed by atoms with E-state index in [2.05, 4.69) is 16.3 Å². The van der Waals surface area contributed by atoms with Crippen LogP contribution in [0, 0.1) is 11.3 Å². The quantitative estimate of drug-likeness (QED) is 0.890. The highest BCUT2D eigenvalue weighted by molar-refractivity contribution is 5.97. The lowest BCUT2D eigenvalue weighted by molar-refractivity contribution is -0.132. The van der Waals surface area contributed by atoms with Crippen molar-refractivity contribution in [1.29, 1.82) is 5.26 Å². The fourth-order valence-electron chi connectivity index (χ4n) is 3.94. The predicted molar refractivity (Wildman–Crippen MR) is 98.9 cm³/mol. The first kappa shape index (κ1) is 17.6. The number of carbonyl (C=O) groups is 2. The number of hydrogen-bond donors (Lipinski definition) is 1. The van der Waals surface area contributed by atoms with Crippen LogP contribution < -0.4 is 5.32 Å². The molecule has 1 N–H and O–H groups in total. The SMILES string of the molecule is N#C[C@@H]1CCCN1C(=O)CN1CC[C@H](NC(=O)c2ccc3ccoc3c2)C1. The van der Waals surface area contributed by atoms with Crippen LogP contribution in [0.25, 0.3) is 11.0 Å². The molecular weight excluding hydrogens is 344 g/mol. The van der Waals surface area contributed by atoms with Gasteiger partial charge in [-0.25, -0.2) is 0 Å². The fraction of sp³-hybridized carbons (Fsp3) is 0.450. The first-order chi connectivity index (χ1) is 13.1. The van der Waals surface area contributed by atoms with Crippen molar-refractivity contribution in [3.63, 3.8) is 0 Å². The van der Waals surface area contributed by atoms with Crippen LogP contribution in [0.1, 0.15) is 29.6 Å². The molecule has 1 aromatic carbocycles. The van der Waals surface area contributed by atoms with Gasteiger partial charge >= 0.3 is 0 Å². The van der Waals surface area contributed by atoms with Gasteiger partial charge in [0.05, 0.1) is 18.9 Å². The number of furan rings is 1. The third-order valence-electron chi connectivity index (χ3n) is 5.41. The Balaban J connectivity index is 1.31. The van der Waals surface area contributed by atoms with E-state index in [-0.39, 0.29) is 23.9 Å². The Hall–Kier alpha value is -2.85. The van der Waals surface area contributed by atoms with Gasteiger partial charge in [-0.1, -0.05) is 6.07 Å².